The Hall–Kier alpha value is -1.92. The van der Waals surface area contributed by atoms with Crippen LogP contribution in [0.1, 0.15) is 26.7 Å². The van der Waals surface area contributed by atoms with Gasteiger partial charge in [0.15, 0.2) is 0 Å². The fourth-order valence-corrected chi connectivity index (χ4v) is 2.18. The third-order valence-electron chi connectivity index (χ3n) is 3.20. The first kappa shape index (κ1) is 13.5. The van der Waals surface area contributed by atoms with Crippen molar-refractivity contribution >= 4 is 17.5 Å². The average molecular weight is 265 g/mol. The molecule has 0 spiro atoms. The predicted octanol–water partition coefficient (Wildman–Crippen LogP) is 2.05. The molecule has 7 nitrogen and oxygen atoms in total. The van der Waals surface area contributed by atoms with E-state index in [1.54, 1.807) is 0 Å². The minimum absolute atomic E-state index is 0.0175. The molecule has 0 saturated carbocycles. The summed E-state index contributed by atoms with van der Waals surface area (Å²) in [4.78, 5) is 20.9. The van der Waals surface area contributed by atoms with Crippen LogP contribution >= 0.6 is 0 Å². The van der Waals surface area contributed by atoms with E-state index in [1.165, 1.54) is 6.20 Å². The number of anilines is 2. The highest BCUT2D eigenvalue weighted by atomic mass is 16.6. The van der Waals surface area contributed by atoms with Gasteiger partial charge in [-0.3, -0.25) is 10.1 Å². The Morgan fingerprint density at radius 1 is 1.63 bits per heavy atom. The van der Waals surface area contributed by atoms with Crippen molar-refractivity contribution in [3.63, 3.8) is 0 Å². The smallest absolute Gasteiger partial charge is 0.329 e. The highest BCUT2D eigenvalue weighted by molar-refractivity contribution is 5.59. The van der Waals surface area contributed by atoms with E-state index < -0.39 is 4.92 Å². The lowest BCUT2D eigenvalue weighted by molar-refractivity contribution is -0.384. The molecular weight excluding hydrogens is 246 g/mol. The number of nitrogens with one attached hydrogen (secondary N) is 1. The number of nitrogens with zero attached hydrogens (tertiary/aromatic N) is 4. The lowest BCUT2D eigenvalue weighted by Gasteiger charge is -2.17. The molecule has 2 heterocycles. The van der Waals surface area contributed by atoms with Crippen LogP contribution in [0.4, 0.5) is 17.5 Å². The summed E-state index contributed by atoms with van der Waals surface area (Å²) in [6, 6.07) is 0. The van der Waals surface area contributed by atoms with Gasteiger partial charge in [0.2, 0.25) is 11.8 Å². The SMILES string of the molecule is CCCNc1ncc([N+](=O)[O-])c(N2CCC(C)C2)n1. The topological polar surface area (TPSA) is 84.2 Å². The van der Waals surface area contributed by atoms with Gasteiger partial charge in [0.1, 0.15) is 6.20 Å². The Balaban J connectivity index is 2.28. The fraction of sp³-hybridized carbons (Fsp3) is 0.667. The van der Waals surface area contributed by atoms with E-state index in [1.807, 2.05) is 11.8 Å². The van der Waals surface area contributed by atoms with Crippen molar-refractivity contribution in [3.05, 3.63) is 16.3 Å². The molecule has 1 atom stereocenters. The summed E-state index contributed by atoms with van der Waals surface area (Å²) in [5.41, 5.74) is -0.0175. The van der Waals surface area contributed by atoms with Crippen LogP contribution in [0.5, 0.6) is 0 Å². The Morgan fingerprint density at radius 2 is 2.42 bits per heavy atom. The molecule has 0 bridgehead atoms. The molecule has 1 aliphatic rings. The lowest BCUT2D eigenvalue weighted by atomic mass is 10.2. The average Bonchev–Trinajstić information content (AvgIpc) is 2.82. The first-order chi connectivity index (χ1) is 9.11. The quantitative estimate of drug-likeness (QED) is 0.648. The van der Waals surface area contributed by atoms with E-state index in [-0.39, 0.29) is 5.69 Å². The van der Waals surface area contributed by atoms with E-state index >= 15 is 0 Å². The molecule has 1 unspecified atom stereocenters. The van der Waals surface area contributed by atoms with Crippen LogP contribution in [0.2, 0.25) is 0 Å². The van der Waals surface area contributed by atoms with Gasteiger partial charge < -0.3 is 10.2 Å². The highest BCUT2D eigenvalue weighted by Crippen LogP contribution is 2.30. The van der Waals surface area contributed by atoms with Crippen molar-refractivity contribution in [2.24, 2.45) is 5.92 Å². The molecule has 104 valence electrons. The van der Waals surface area contributed by atoms with Crippen LogP contribution in [0.25, 0.3) is 0 Å². The molecule has 1 fully saturated rings. The van der Waals surface area contributed by atoms with E-state index in [9.17, 15) is 10.1 Å². The summed E-state index contributed by atoms with van der Waals surface area (Å²) in [6.45, 7) is 6.57. The van der Waals surface area contributed by atoms with E-state index in [0.717, 1.165) is 32.5 Å². The third kappa shape index (κ3) is 3.10. The molecule has 1 aromatic heterocycles. The van der Waals surface area contributed by atoms with Crippen LogP contribution in [-0.2, 0) is 0 Å². The summed E-state index contributed by atoms with van der Waals surface area (Å²) >= 11 is 0. The summed E-state index contributed by atoms with van der Waals surface area (Å²) < 4.78 is 0. The van der Waals surface area contributed by atoms with Crippen LogP contribution in [0, 0.1) is 16.0 Å². The van der Waals surface area contributed by atoms with Gasteiger partial charge in [-0.1, -0.05) is 13.8 Å². The minimum atomic E-state index is -0.415. The zero-order valence-corrected chi connectivity index (χ0v) is 11.3. The largest absolute Gasteiger partial charge is 0.354 e. The van der Waals surface area contributed by atoms with Crippen LogP contribution < -0.4 is 10.2 Å². The highest BCUT2D eigenvalue weighted by Gasteiger charge is 2.27. The van der Waals surface area contributed by atoms with Crippen LogP contribution in [0.3, 0.4) is 0 Å². The van der Waals surface area contributed by atoms with Crippen molar-refractivity contribution in [1.82, 2.24) is 9.97 Å². The standard InChI is InChI=1S/C12H19N5O2/c1-3-5-13-12-14-7-10(17(18)19)11(15-12)16-6-4-9(2)8-16/h7,9H,3-6,8H2,1-2H3,(H,13,14,15). The molecule has 0 amide bonds. The molecule has 0 aromatic carbocycles. The molecule has 1 N–H and O–H groups in total. The van der Waals surface area contributed by atoms with Crippen LogP contribution in [-0.4, -0.2) is 34.5 Å². The maximum absolute atomic E-state index is 11.1. The zero-order valence-electron chi connectivity index (χ0n) is 11.3. The van der Waals surface area contributed by atoms with Crippen molar-refractivity contribution in [2.45, 2.75) is 26.7 Å². The molecule has 19 heavy (non-hydrogen) atoms. The summed E-state index contributed by atoms with van der Waals surface area (Å²) in [5, 5.41) is 14.1. The molecule has 1 aromatic rings. The van der Waals surface area contributed by atoms with Gasteiger partial charge in [-0.05, 0) is 18.8 Å². The van der Waals surface area contributed by atoms with Gasteiger partial charge >= 0.3 is 5.69 Å². The Morgan fingerprint density at radius 3 is 3.00 bits per heavy atom. The normalized spacial score (nSPS) is 18.6. The second-order valence-electron chi connectivity index (χ2n) is 4.93. The number of aromatic nitrogens is 2. The second-order valence-corrected chi connectivity index (χ2v) is 4.93. The molecule has 1 aliphatic heterocycles. The van der Waals surface area contributed by atoms with E-state index in [0.29, 0.717) is 17.7 Å². The summed E-state index contributed by atoms with van der Waals surface area (Å²) in [5.74, 6) is 1.44. The van der Waals surface area contributed by atoms with Crippen molar-refractivity contribution in [1.29, 1.82) is 0 Å². The van der Waals surface area contributed by atoms with Crippen LogP contribution in [0.15, 0.2) is 6.20 Å². The molecule has 0 aliphatic carbocycles. The second kappa shape index (κ2) is 5.81. The van der Waals surface area contributed by atoms with Gasteiger partial charge in [-0.15, -0.1) is 0 Å². The van der Waals surface area contributed by atoms with Gasteiger partial charge in [0.05, 0.1) is 4.92 Å². The van der Waals surface area contributed by atoms with Crippen molar-refractivity contribution in [3.8, 4) is 0 Å². The Labute approximate surface area is 112 Å². The first-order valence-corrected chi connectivity index (χ1v) is 6.62. The van der Waals surface area contributed by atoms with Crippen molar-refractivity contribution in [2.75, 3.05) is 29.9 Å². The fourth-order valence-electron chi connectivity index (χ4n) is 2.18. The molecule has 2 rings (SSSR count). The number of nitro groups is 1. The first-order valence-electron chi connectivity index (χ1n) is 6.62. The zero-order chi connectivity index (χ0) is 13.8. The molecular formula is C12H19N5O2. The van der Waals surface area contributed by atoms with Gasteiger partial charge in [-0.2, -0.15) is 4.98 Å². The lowest BCUT2D eigenvalue weighted by Crippen LogP contribution is -2.22. The number of rotatable bonds is 5. The number of hydrogen-bond acceptors (Lipinski definition) is 6. The summed E-state index contributed by atoms with van der Waals surface area (Å²) in [7, 11) is 0. The Bertz CT molecular complexity index is 465. The monoisotopic (exact) mass is 265 g/mol. The Kier molecular flexibility index (Phi) is 4.13. The van der Waals surface area contributed by atoms with E-state index in [4.69, 9.17) is 0 Å². The van der Waals surface area contributed by atoms with E-state index in [2.05, 4.69) is 22.2 Å². The molecule has 7 heteroatoms. The molecule has 0 radical (unpaired) electrons. The molecule has 1 saturated heterocycles. The maximum Gasteiger partial charge on any atom is 0.329 e. The van der Waals surface area contributed by atoms with Crippen molar-refractivity contribution < 1.29 is 4.92 Å². The predicted molar refractivity (Wildman–Crippen MR) is 73.5 cm³/mol. The number of hydrogen-bond donors (Lipinski definition) is 1. The van der Waals surface area contributed by atoms with Gasteiger partial charge in [0.25, 0.3) is 0 Å². The maximum atomic E-state index is 11.1. The summed E-state index contributed by atoms with van der Waals surface area (Å²) in [6.07, 6.45) is 3.29. The van der Waals surface area contributed by atoms with Gasteiger partial charge in [0, 0.05) is 19.6 Å². The minimum Gasteiger partial charge on any atom is -0.354 e. The van der Waals surface area contributed by atoms with Gasteiger partial charge in [-0.25, -0.2) is 4.98 Å². The third-order valence-corrected chi connectivity index (χ3v) is 3.20.